The summed E-state index contributed by atoms with van der Waals surface area (Å²) in [6.45, 7) is 6.03. The van der Waals surface area contributed by atoms with Crippen LogP contribution in [-0.4, -0.2) is 35.7 Å². The van der Waals surface area contributed by atoms with Gasteiger partial charge in [-0.3, -0.25) is 14.5 Å². The molecule has 3 rings (SSSR count). The number of hydrogen-bond donors (Lipinski definition) is 1. The van der Waals surface area contributed by atoms with E-state index in [0.29, 0.717) is 24.7 Å². The Morgan fingerprint density at radius 2 is 1.86 bits per heavy atom. The number of hydrogen-bond acceptors (Lipinski definition) is 3. The van der Waals surface area contributed by atoms with Crippen molar-refractivity contribution in [2.45, 2.75) is 83.8 Å². The van der Waals surface area contributed by atoms with Gasteiger partial charge in [0.05, 0.1) is 12.1 Å². The van der Waals surface area contributed by atoms with E-state index in [0.717, 1.165) is 38.8 Å². The highest BCUT2D eigenvalue weighted by molar-refractivity contribution is 5.90. The van der Waals surface area contributed by atoms with Gasteiger partial charge in [-0.2, -0.15) is 0 Å². The Kier molecular flexibility index (Phi) is 7.66. The standard InChI is InChI=1S/C24H36N2O2/c1-18(2)15-22(25-17-27)24(28)23(20-10-4-3-5-11-20)26-14-8-13-19-9-6-7-12-21(19)16-26/h6-7,9,12,17-18,20,22-23H,3-5,8,10-11,13-16H2,1-2H3,(H,25,27)/t22-,23?/m1/s1. The lowest BCUT2D eigenvalue weighted by molar-refractivity contribution is -0.131. The molecule has 1 aliphatic carbocycles. The number of Topliss-reactive ketones (excluding diaryl/α,β-unsaturated/α-hetero) is 1. The van der Waals surface area contributed by atoms with E-state index in [1.165, 1.54) is 30.4 Å². The van der Waals surface area contributed by atoms with Crippen molar-refractivity contribution in [2.75, 3.05) is 6.54 Å². The van der Waals surface area contributed by atoms with Gasteiger partial charge in [0.25, 0.3) is 0 Å². The molecule has 1 aliphatic heterocycles. The van der Waals surface area contributed by atoms with E-state index in [-0.39, 0.29) is 17.9 Å². The molecule has 28 heavy (non-hydrogen) atoms. The first-order chi connectivity index (χ1) is 13.6. The Morgan fingerprint density at radius 3 is 2.54 bits per heavy atom. The Hall–Kier alpha value is -1.68. The van der Waals surface area contributed by atoms with Crippen LogP contribution in [0.25, 0.3) is 0 Å². The van der Waals surface area contributed by atoms with Crippen molar-refractivity contribution >= 4 is 12.2 Å². The fourth-order valence-corrected chi connectivity index (χ4v) is 5.15. The molecule has 1 aromatic rings. The second-order valence-corrected chi connectivity index (χ2v) is 9.05. The number of nitrogens with zero attached hydrogens (tertiary/aromatic N) is 1. The maximum Gasteiger partial charge on any atom is 0.207 e. The molecular weight excluding hydrogens is 348 g/mol. The van der Waals surface area contributed by atoms with Crippen LogP contribution < -0.4 is 5.32 Å². The first kappa shape index (κ1) is 21.0. The normalized spacial score (nSPS) is 20.8. The van der Waals surface area contributed by atoms with Gasteiger partial charge >= 0.3 is 0 Å². The summed E-state index contributed by atoms with van der Waals surface area (Å²) in [7, 11) is 0. The molecule has 1 heterocycles. The second kappa shape index (κ2) is 10.2. The predicted molar refractivity (Wildman–Crippen MR) is 113 cm³/mol. The van der Waals surface area contributed by atoms with Gasteiger partial charge in [-0.05, 0) is 61.6 Å². The van der Waals surface area contributed by atoms with Crippen LogP contribution in [0.5, 0.6) is 0 Å². The number of rotatable bonds is 8. The lowest BCUT2D eigenvalue weighted by Crippen LogP contribution is -2.53. The van der Waals surface area contributed by atoms with Crippen LogP contribution in [-0.2, 0) is 22.6 Å². The van der Waals surface area contributed by atoms with Crippen molar-refractivity contribution < 1.29 is 9.59 Å². The highest BCUT2D eigenvalue weighted by Crippen LogP contribution is 2.33. The van der Waals surface area contributed by atoms with E-state index in [9.17, 15) is 9.59 Å². The minimum Gasteiger partial charge on any atom is -0.349 e. The van der Waals surface area contributed by atoms with Gasteiger partial charge < -0.3 is 5.32 Å². The highest BCUT2D eigenvalue weighted by Gasteiger charge is 2.38. The third kappa shape index (κ3) is 5.22. The Balaban J connectivity index is 1.87. The minimum absolute atomic E-state index is 0.0809. The quantitative estimate of drug-likeness (QED) is 0.686. The number of amides is 1. The zero-order valence-electron chi connectivity index (χ0n) is 17.5. The lowest BCUT2D eigenvalue weighted by atomic mass is 9.79. The van der Waals surface area contributed by atoms with Gasteiger partial charge in [-0.1, -0.05) is 57.4 Å². The van der Waals surface area contributed by atoms with Gasteiger partial charge in [0.15, 0.2) is 5.78 Å². The molecule has 1 amide bonds. The summed E-state index contributed by atoms with van der Waals surface area (Å²) in [5, 5.41) is 2.85. The molecule has 0 radical (unpaired) electrons. The fourth-order valence-electron chi connectivity index (χ4n) is 5.15. The SMILES string of the molecule is CC(C)C[C@@H](NC=O)C(=O)C(C1CCCCC1)N1CCCc2ccccc2C1. The molecule has 1 unspecified atom stereocenters. The molecule has 1 N–H and O–H groups in total. The topological polar surface area (TPSA) is 49.4 Å². The monoisotopic (exact) mass is 384 g/mol. The van der Waals surface area contributed by atoms with Crippen LogP contribution in [0.4, 0.5) is 0 Å². The van der Waals surface area contributed by atoms with Gasteiger partial charge in [-0.25, -0.2) is 0 Å². The largest absolute Gasteiger partial charge is 0.349 e. The zero-order valence-corrected chi connectivity index (χ0v) is 17.5. The molecule has 0 aromatic heterocycles. The first-order valence-corrected chi connectivity index (χ1v) is 11.1. The summed E-state index contributed by atoms with van der Waals surface area (Å²) in [4.78, 5) is 27.4. The smallest absolute Gasteiger partial charge is 0.207 e. The summed E-state index contributed by atoms with van der Waals surface area (Å²) in [6, 6.07) is 8.21. The molecule has 0 spiro atoms. The van der Waals surface area contributed by atoms with Crippen molar-refractivity contribution in [1.29, 1.82) is 0 Å². The number of fused-ring (bicyclic) bond motifs is 1. The van der Waals surface area contributed by atoms with Crippen molar-refractivity contribution in [3.05, 3.63) is 35.4 Å². The van der Waals surface area contributed by atoms with Crippen LogP contribution >= 0.6 is 0 Å². The van der Waals surface area contributed by atoms with Crippen molar-refractivity contribution in [1.82, 2.24) is 10.2 Å². The Bertz CT molecular complexity index is 652. The molecule has 4 nitrogen and oxygen atoms in total. The average Bonchev–Trinajstić information content (AvgIpc) is 2.90. The average molecular weight is 385 g/mol. The second-order valence-electron chi connectivity index (χ2n) is 9.05. The summed E-state index contributed by atoms with van der Waals surface area (Å²) >= 11 is 0. The van der Waals surface area contributed by atoms with Gasteiger partial charge in [-0.15, -0.1) is 0 Å². The molecule has 2 aliphatic rings. The molecule has 0 saturated heterocycles. The zero-order chi connectivity index (χ0) is 19.9. The molecule has 1 fully saturated rings. The van der Waals surface area contributed by atoms with E-state index in [4.69, 9.17) is 0 Å². The van der Waals surface area contributed by atoms with E-state index in [1.807, 2.05) is 0 Å². The summed E-state index contributed by atoms with van der Waals surface area (Å²) < 4.78 is 0. The number of benzene rings is 1. The van der Waals surface area contributed by atoms with E-state index < -0.39 is 0 Å². The Morgan fingerprint density at radius 1 is 1.14 bits per heavy atom. The summed E-state index contributed by atoms with van der Waals surface area (Å²) in [5.41, 5.74) is 2.78. The van der Waals surface area contributed by atoms with Crippen LogP contribution in [0.1, 0.15) is 69.9 Å². The van der Waals surface area contributed by atoms with Gasteiger partial charge in [0.2, 0.25) is 6.41 Å². The highest BCUT2D eigenvalue weighted by atomic mass is 16.1. The van der Waals surface area contributed by atoms with Crippen LogP contribution in [0, 0.1) is 11.8 Å². The van der Waals surface area contributed by atoms with Crippen molar-refractivity contribution in [3.63, 3.8) is 0 Å². The lowest BCUT2D eigenvalue weighted by Gasteiger charge is -2.39. The first-order valence-electron chi connectivity index (χ1n) is 11.1. The van der Waals surface area contributed by atoms with E-state index >= 15 is 0 Å². The summed E-state index contributed by atoms with van der Waals surface area (Å²) in [6.07, 6.45) is 9.57. The maximum absolute atomic E-state index is 13.7. The molecule has 1 aromatic carbocycles. The van der Waals surface area contributed by atoms with Crippen molar-refractivity contribution in [2.24, 2.45) is 11.8 Å². The van der Waals surface area contributed by atoms with Gasteiger partial charge in [0.1, 0.15) is 0 Å². The maximum atomic E-state index is 13.7. The number of ketones is 1. The fraction of sp³-hybridized carbons (Fsp3) is 0.667. The number of carbonyl (C=O) groups excluding carboxylic acids is 2. The molecule has 154 valence electrons. The number of aryl methyl sites for hydroxylation is 1. The minimum atomic E-state index is -0.372. The van der Waals surface area contributed by atoms with E-state index in [2.05, 4.69) is 48.3 Å². The Labute approximate surface area is 170 Å². The molecule has 0 bridgehead atoms. The molecular formula is C24H36N2O2. The molecule has 2 atom stereocenters. The third-order valence-electron chi connectivity index (χ3n) is 6.48. The van der Waals surface area contributed by atoms with Crippen LogP contribution in [0.15, 0.2) is 24.3 Å². The van der Waals surface area contributed by atoms with Crippen molar-refractivity contribution in [3.8, 4) is 0 Å². The third-order valence-corrected chi connectivity index (χ3v) is 6.48. The molecule has 4 heteroatoms. The van der Waals surface area contributed by atoms with E-state index in [1.54, 1.807) is 0 Å². The number of carbonyl (C=O) groups is 2. The van der Waals surface area contributed by atoms with Crippen LogP contribution in [0.2, 0.25) is 0 Å². The van der Waals surface area contributed by atoms with Gasteiger partial charge in [0, 0.05) is 6.54 Å². The van der Waals surface area contributed by atoms with Crippen LogP contribution in [0.3, 0.4) is 0 Å². The number of nitrogens with one attached hydrogen (secondary N) is 1. The predicted octanol–water partition coefficient (Wildman–Crippen LogP) is 4.11. The summed E-state index contributed by atoms with van der Waals surface area (Å²) in [5.74, 6) is 1.01. The molecule has 1 saturated carbocycles.